The standard InChI is InChI=1S/C23H27N9O2/c33-23(28-19-5-7-24-8-6-19)27-18-3-1-17(2-4-18)20-29-21(26-15-16-13-25-14-16)31-22(30-20)32-9-11-34-12-10-32/h1-8,16,25H,9-15H2,(H2,24,27,28,33)(H,26,29,30,31). The number of benzene rings is 1. The van der Waals surface area contributed by atoms with Crippen molar-refractivity contribution in [2.24, 2.45) is 5.92 Å². The van der Waals surface area contributed by atoms with Crippen LogP contribution in [0.25, 0.3) is 11.4 Å². The fourth-order valence-electron chi connectivity index (χ4n) is 3.64. The molecule has 2 saturated heterocycles. The van der Waals surface area contributed by atoms with Gasteiger partial charge in [-0.1, -0.05) is 0 Å². The fourth-order valence-corrected chi connectivity index (χ4v) is 3.64. The van der Waals surface area contributed by atoms with E-state index in [-0.39, 0.29) is 6.03 Å². The van der Waals surface area contributed by atoms with E-state index in [4.69, 9.17) is 9.72 Å². The van der Waals surface area contributed by atoms with Crippen LogP contribution in [0.5, 0.6) is 0 Å². The quantitative estimate of drug-likeness (QED) is 0.418. The molecule has 2 aliphatic rings. The first kappa shape index (κ1) is 22.0. The lowest BCUT2D eigenvalue weighted by molar-refractivity contribution is 0.122. The number of ether oxygens (including phenoxy) is 1. The van der Waals surface area contributed by atoms with Crippen molar-refractivity contribution in [1.82, 2.24) is 25.3 Å². The lowest BCUT2D eigenvalue weighted by Gasteiger charge is -2.28. The predicted octanol–water partition coefficient (Wildman–Crippen LogP) is 2.05. The highest BCUT2D eigenvalue weighted by molar-refractivity contribution is 5.99. The maximum absolute atomic E-state index is 12.3. The van der Waals surface area contributed by atoms with Crippen molar-refractivity contribution in [3.63, 3.8) is 0 Å². The number of nitrogens with zero attached hydrogens (tertiary/aromatic N) is 5. The van der Waals surface area contributed by atoms with Crippen molar-refractivity contribution in [2.45, 2.75) is 0 Å². The van der Waals surface area contributed by atoms with Crippen LogP contribution in [0.4, 0.5) is 28.1 Å². The minimum absolute atomic E-state index is 0.328. The average molecular weight is 462 g/mol. The third-order valence-electron chi connectivity index (χ3n) is 5.67. The molecule has 2 amide bonds. The Morgan fingerprint density at radius 2 is 1.68 bits per heavy atom. The van der Waals surface area contributed by atoms with E-state index in [9.17, 15) is 4.79 Å². The summed E-state index contributed by atoms with van der Waals surface area (Å²) >= 11 is 0. The summed E-state index contributed by atoms with van der Waals surface area (Å²) in [5, 5.41) is 12.2. The lowest BCUT2D eigenvalue weighted by atomic mass is 10.0. The van der Waals surface area contributed by atoms with Gasteiger partial charge in [0.2, 0.25) is 11.9 Å². The van der Waals surface area contributed by atoms with E-state index in [1.165, 1.54) is 0 Å². The summed E-state index contributed by atoms with van der Waals surface area (Å²) in [6.45, 7) is 5.61. The first-order chi connectivity index (χ1) is 16.7. The molecule has 11 nitrogen and oxygen atoms in total. The summed E-state index contributed by atoms with van der Waals surface area (Å²) in [4.78, 5) is 32.3. The summed E-state index contributed by atoms with van der Waals surface area (Å²) in [5.74, 6) is 2.37. The zero-order valence-corrected chi connectivity index (χ0v) is 18.7. The minimum Gasteiger partial charge on any atom is -0.378 e. The SMILES string of the molecule is O=C(Nc1ccncc1)Nc1ccc(-c2nc(NCC3CNC3)nc(N3CCOCC3)n2)cc1. The van der Waals surface area contributed by atoms with Gasteiger partial charge in [0.15, 0.2) is 5.82 Å². The van der Waals surface area contributed by atoms with Crippen LogP contribution in [0.1, 0.15) is 0 Å². The van der Waals surface area contributed by atoms with E-state index in [1.807, 2.05) is 24.3 Å². The molecule has 1 aromatic carbocycles. The Morgan fingerprint density at radius 1 is 0.971 bits per heavy atom. The van der Waals surface area contributed by atoms with E-state index in [0.717, 1.165) is 38.3 Å². The molecule has 176 valence electrons. The molecule has 11 heteroatoms. The van der Waals surface area contributed by atoms with Crippen molar-refractivity contribution in [2.75, 3.05) is 66.8 Å². The summed E-state index contributed by atoms with van der Waals surface area (Å²) < 4.78 is 5.47. The van der Waals surface area contributed by atoms with E-state index >= 15 is 0 Å². The van der Waals surface area contributed by atoms with Gasteiger partial charge in [0.1, 0.15) is 0 Å². The topological polar surface area (TPSA) is 129 Å². The molecule has 2 aliphatic heterocycles. The molecular formula is C23H27N9O2. The van der Waals surface area contributed by atoms with Crippen LogP contribution in [0, 0.1) is 5.92 Å². The number of pyridine rings is 1. The van der Waals surface area contributed by atoms with Crippen LogP contribution in [0.3, 0.4) is 0 Å². The number of hydrogen-bond acceptors (Lipinski definition) is 9. The zero-order chi connectivity index (χ0) is 23.2. The van der Waals surface area contributed by atoms with Gasteiger partial charge in [-0.2, -0.15) is 15.0 Å². The third kappa shape index (κ3) is 5.56. The van der Waals surface area contributed by atoms with E-state index in [0.29, 0.717) is 48.2 Å². The number of carbonyl (C=O) groups excluding carboxylic acids is 1. The second-order valence-corrected chi connectivity index (χ2v) is 8.18. The summed E-state index contributed by atoms with van der Waals surface area (Å²) in [7, 11) is 0. The number of urea groups is 1. The molecule has 4 heterocycles. The van der Waals surface area contributed by atoms with Gasteiger partial charge in [-0.15, -0.1) is 0 Å². The molecule has 5 rings (SSSR count). The second-order valence-electron chi connectivity index (χ2n) is 8.18. The molecule has 0 spiro atoms. The minimum atomic E-state index is -0.328. The van der Waals surface area contributed by atoms with Crippen LogP contribution >= 0.6 is 0 Å². The molecule has 2 aromatic heterocycles. The van der Waals surface area contributed by atoms with Gasteiger partial charge in [-0.25, -0.2) is 4.79 Å². The molecular weight excluding hydrogens is 434 g/mol. The maximum Gasteiger partial charge on any atom is 0.323 e. The average Bonchev–Trinajstić information content (AvgIpc) is 2.84. The largest absolute Gasteiger partial charge is 0.378 e. The first-order valence-electron chi connectivity index (χ1n) is 11.3. The molecule has 0 radical (unpaired) electrons. The molecule has 0 aliphatic carbocycles. The van der Waals surface area contributed by atoms with Crippen molar-refractivity contribution >= 4 is 29.3 Å². The summed E-state index contributed by atoms with van der Waals surface area (Å²) in [6, 6.07) is 10.6. The zero-order valence-electron chi connectivity index (χ0n) is 18.7. The van der Waals surface area contributed by atoms with Gasteiger partial charge in [-0.05, 0) is 36.4 Å². The van der Waals surface area contributed by atoms with Crippen LogP contribution < -0.4 is 26.2 Å². The smallest absolute Gasteiger partial charge is 0.323 e. The number of nitrogens with one attached hydrogen (secondary N) is 4. The van der Waals surface area contributed by atoms with Gasteiger partial charge in [0.05, 0.1) is 13.2 Å². The molecule has 0 bridgehead atoms. The Hall–Kier alpha value is -3.83. The van der Waals surface area contributed by atoms with Gasteiger partial charge in [0.25, 0.3) is 0 Å². The highest BCUT2D eigenvalue weighted by atomic mass is 16.5. The number of morpholine rings is 1. The molecule has 34 heavy (non-hydrogen) atoms. The molecule has 0 saturated carbocycles. The van der Waals surface area contributed by atoms with Gasteiger partial charge in [0, 0.05) is 68.0 Å². The highest BCUT2D eigenvalue weighted by Crippen LogP contribution is 2.22. The molecule has 4 N–H and O–H groups in total. The molecule has 0 unspecified atom stereocenters. The molecule has 2 fully saturated rings. The van der Waals surface area contributed by atoms with Crippen molar-refractivity contribution in [3.8, 4) is 11.4 Å². The number of carbonyl (C=O) groups is 1. The monoisotopic (exact) mass is 461 g/mol. The number of anilines is 4. The number of aromatic nitrogens is 4. The highest BCUT2D eigenvalue weighted by Gasteiger charge is 2.20. The third-order valence-corrected chi connectivity index (χ3v) is 5.67. The molecule has 0 atom stereocenters. The van der Waals surface area contributed by atoms with Crippen LogP contribution in [-0.4, -0.2) is 71.9 Å². The van der Waals surface area contributed by atoms with Crippen LogP contribution in [0.2, 0.25) is 0 Å². The molecule has 3 aromatic rings. The summed E-state index contributed by atoms with van der Waals surface area (Å²) in [5.41, 5.74) is 2.17. The predicted molar refractivity (Wildman–Crippen MR) is 130 cm³/mol. The second kappa shape index (κ2) is 10.4. The normalized spacial score (nSPS) is 15.9. The Labute approximate surface area is 197 Å². The van der Waals surface area contributed by atoms with Gasteiger partial charge < -0.3 is 30.9 Å². The van der Waals surface area contributed by atoms with E-state index < -0.39 is 0 Å². The summed E-state index contributed by atoms with van der Waals surface area (Å²) in [6.07, 6.45) is 3.24. The van der Waals surface area contributed by atoms with Crippen molar-refractivity contribution < 1.29 is 9.53 Å². The number of amides is 2. The Kier molecular flexibility index (Phi) is 6.73. The first-order valence-corrected chi connectivity index (χ1v) is 11.3. The van der Waals surface area contributed by atoms with Crippen LogP contribution in [0.15, 0.2) is 48.8 Å². The van der Waals surface area contributed by atoms with E-state index in [2.05, 4.69) is 41.1 Å². The Morgan fingerprint density at radius 3 is 2.35 bits per heavy atom. The number of rotatable bonds is 7. The Bertz CT molecular complexity index is 1100. The lowest BCUT2D eigenvalue weighted by Crippen LogP contribution is -2.45. The van der Waals surface area contributed by atoms with Gasteiger partial charge >= 0.3 is 6.03 Å². The van der Waals surface area contributed by atoms with Crippen molar-refractivity contribution in [3.05, 3.63) is 48.8 Å². The van der Waals surface area contributed by atoms with Gasteiger partial charge in [-0.3, -0.25) is 4.98 Å². The number of hydrogen-bond donors (Lipinski definition) is 4. The Balaban J connectivity index is 1.31. The maximum atomic E-state index is 12.3. The van der Waals surface area contributed by atoms with E-state index in [1.54, 1.807) is 24.5 Å². The van der Waals surface area contributed by atoms with Crippen LogP contribution in [-0.2, 0) is 4.74 Å². The fraction of sp³-hybridized carbons (Fsp3) is 0.348. The van der Waals surface area contributed by atoms with Crippen molar-refractivity contribution in [1.29, 1.82) is 0 Å².